The second-order valence-corrected chi connectivity index (χ2v) is 4.64. The lowest BCUT2D eigenvalue weighted by atomic mass is 10.1. The molecule has 0 aliphatic carbocycles. The number of nitrogens with one attached hydrogen (secondary N) is 1. The fourth-order valence-electron chi connectivity index (χ4n) is 1.21. The summed E-state index contributed by atoms with van der Waals surface area (Å²) in [6, 6.07) is 9.54. The van der Waals surface area contributed by atoms with Crippen LogP contribution < -0.4 is 5.32 Å². The number of alkyl carbamates (subject to hydrolysis) is 1. The number of ether oxygens (including phenoxy) is 1. The van der Waals surface area contributed by atoms with Crippen LogP contribution in [0.15, 0.2) is 30.3 Å². The van der Waals surface area contributed by atoms with Gasteiger partial charge in [-0.3, -0.25) is 4.79 Å². The molecule has 0 aliphatic rings. The Balaban J connectivity index is 0.000000396. The van der Waals surface area contributed by atoms with Crippen molar-refractivity contribution in [1.82, 2.24) is 5.32 Å². The monoisotopic (exact) mass is 281 g/mol. The number of carbonyl (C=O) groups excluding carboxylic acids is 1. The SMILES string of the molecule is CC(C)CCC(=O)O.CNC(=O)OCc1ccccc1. The lowest BCUT2D eigenvalue weighted by molar-refractivity contribution is -0.137. The van der Waals surface area contributed by atoms with Gasteiger partial charge in [0.05, 0.1) is 0 Å². The molecule has 5 nitrogen and oxygen atoms in total. The van der Waals surface area contributed by atoms with Crippen LogP contribution in [0.25, 0.3) is 0 Å². The van der Waals surface area contributed by atoms with Gasteiger partial charge in [0.15, 0.2) is 0 Å². The van der Waals surface area contributed by atoms with Crippen molar-refractivity contribution in [2.24, 2.45) is 5.92 Å². The molecule has 1 aromatic carbocycles. The molecule has 0 unspecified atom stereocenters. The van der Waals surface area contributed by atoms with E-state index in [0.29, 0.717) is 18.9 Å². The molecule has 0 heterocycles. The normalized spacial score (nSPS) is 9.40. The Morgan fingerprint density at radius 2 is 1.85 bits per heavy atom. The van der Waals surface area contributed by atoms with Gasteiger partial charge in [0.1, 0.15) is 6.61 Å². The van der Waals surface area contributed by atoms with Crippen LogP contribution in [-0.4, -0.2) is 24.2 Å². The molecular formula is C15H23NO4. The van der Waals surface area contributed by atoms with E-state index in [2.05, 4.69) is 5.32 Å². The summed E-state index contributed by atoms with van der Waals surface area (Å²) in [4.78, 5) is 20.6. The lowest BCUT2D eigenvalue weighted by Crippen LogP contribution is -2.18. The minimum atomic E-state index is -0.696. The average molecular weight is 281 g/mol. The molecule has 2 N–H and O–H groups in total. The van der Waals surface area contributed by atoms with Crippen LogP contribution in [0.4, 0.5) is 4.79 Å². The molecule has 112 valence electrons. The van der Waals surface area contributed by atoms with Crippen LogP contribution in [0.2, 0.25) is 0 Å². The summed E-state index contributed by atoms with van der Waals surface area (Å²) in [5.74, 6) is -0.190. The van der Waals surface area contributed by atoms with Crippen LogP contribution in [0.3, 0.4) is 0 Å². The molecule has 0 fully saturated rings. The fraction of sp³-hybridized carbons (Fsp3) is 0.467. The Morgan fingerprint density at radius 1 is 1.25 bits per heavy atom. The van der Waals surface area contributed by atoms with Gasteiger partial charge < -0.3 is 15.2 Å². The molecule has 0 saturated carbocycles. The molecule has 0 radical (unpaired) electrons. The highest BCUT2D eigenvalue weighted by molar-refractivity contribution is 5.66. The highest BCUT2D eigenvalue weighted by Crippen LogP contribution is 2.02. The number of carboxylic acids is 1. The summed E-state index contributed by atoms with van der Waals surface area (Å²) in [5.41, 5.74) is 0.987. The van der Waals surface area contributed by atoms with Gasteiger partial charge in [0.2, 0.25) is 0 Å². The van der Waals surface area contributed by atoms with E-state index in [1.54, 1.807) is 0 Å². The molecule has 20 heavy (non-hydrogen) atoms. The number of carbonyl (C=O) groups is 2. The minimum Gasteiger partial charge on any atom is -0.481 e. The fourth-order valence-corrected chi connectivity index (χ4v) is 1.21. The van der Waals surface area contributed by atoms with E-state index >= 15 is 0 Å². The van der Waals surface area contributed by atoms with E-state index in [1.807, 2.05) is 44.2 Å². The maximum Gasteiger partial charge on any atom is 0.407 e. The Labute approximate surface area is 120 Å². The molecule has 1 aromatic rings. The van der Waals surface area contributed by atoms with Gasteiger partial charge in [-0.25, -0.2) is 4.79 Å². The quantitative estimate of drug-likeness (QED) is 0.869. The van der Waals surface area contributed by atoms with E-state index in [1.165, 1.54) is 7.05 Å². The summed E-state index contributed by atoms with van der Waals surface area (Å²) < 4.78 is 4.83. The van der Waals surface area contributed by atoms with Crippen LogP contribution in [0.5, 0.6) is 0 Å². The van der Waals surface area contributed by atoms with Gasteiger partial charge in [-0.1, -0.05) is 44.2 Å². The predicted molar refractivity (Wildman–Crippen MR) is 77.4 cm³/mol. The lowest BCUT2D eigenvalue weighted by Gasteiger charge is -2.02. The van der Waals surface area contributed by atoms with Crippen molar-refractivity contribution in [1.29, 1.82) is 0 Å². The van der Waals surface area contributed by atoms with Crippen LogP contribution >= 0.6 is 0 Å². The summed E-state index contributed by atoms with van der Waals surface area (Å²) in [5, 5.41) is 10.5. The summed E-state index contributed by atoms with van der Waals surface area (Å²) in [6.45, 7) is 4.35. The Hall–Kier alpha value is -2.04. The first-order valence-electron chi connectivity index (χ1n) is 6.56. The summed E-state index contributed by atoms with van der Waals surface area (Å²) in [7, 11) is 1.54. The third-order valence-electron chi connectivity index (χ3n) is 2.35. The molecule has 0 aromatic heterocycles. The van der Waals surface area contributed by atoms with E-state index in [-0.39, 0.29) is 0 Å². The van der Waals surface area contributed by atoms with Crippen LogP contribution in [0, 0.1) is 5.92 Å². The molecular weight excluding hydrogens is 258 g/mol. The van der Waals surface area contributed by atoms with Crippen molar-refractivity contribution in [3.63, 3.8) is 0 Å². The highest BCUT2D eigenvalue weighted by atomic mass is 16.5. The maximum atomic E-state index is 10.7. The molecule has 0 bridgehead atoms. The van der Waals surface area contributed by atoms with Crippen molar-refractivity contribution in [3.05, 3.63) is 35.9 Å². The van der Waals surface area contributed by atoms with E-state index in [9.17, 15) is 9.59 Å². The van der Waals surface area contributed by atoms with Crippen molar-refractivity contribution < 1.29 is 19.4 Å². The first-order chi connectivity index (χ1) is 9.45. The zero-order valence-electron chi connectivity index (χ0n) is 12.3. The number of benzene rings is 1. The average Bonchev–Trinajstić information content (AvgIpc) is 2.44. The van der Waals surface area contributed by atoms with E-state index < -0.39 is 12.1 Å². The van der Waals surface area contributed by atoms with Crippen molar-refractivity contribution >= 4 is 12.1 Å². The second-order valence-electron chi connectivity index (χ2n) is 4.64. The number of amides is 1. The summed E-state index contributed by atoms with van der Waals surface area (Å²) in [6.07, 6.45) is 0.686. The molecule has 5 heteroatoms. The molecule has 0 atom stereocenters. The van der Waals surface area contributed by atoms with E-state index in [0.717, 1.165) is 12.0 Å². The molecule has 1 amide bonds. The van der Waals surface area contributed by atoms with Crippen molar-refractivity contribution in [3.8, 4) is 0 Å². The van der Waals surface area contributed by atoms with Gasteiger partial charge in [-0.05, 0) is 17.9 Å². The van der Waals surface area contributed by atoms with Crippen molar-refractivity contribution in [2.75, 3.05) is 7.05 Å². The standard InChI is InChI=1S/C9H11NO2.C6H12O2/c1-10-9(11)12-7-8-5-3-2-4-6-8;1-5(2)3-4-6(7)8/h2-6H,7H2,1H3,(H,10,11);5H,3-4H2,1-2H3,(H,7,8). The smallest absolute Gasteiger partial charge is 0.407 e. The zero-order chi connectivity index (χ0) is 15.4. The number of hydrogen-bond acceptors (Lipinski definition) is 3. The summed E-state index contributed by atoms with van der Waals surface area (Å²) >= 11 is 0. The number of aliphatic carboxylic acids is 1. The van der Waals surface area contributed by atoms with Gasteiger partial charge in [-0.2, -0.15) is 0 Å². The van der Waals surface area contributed by atoms with Crippen LogP contribution in [-0.2, 0) is 16.1 Å². The molecule has 0 aliphatic heterocycles. The number of hydrogen-bond donors (Lipinski definition) is 2. The molecule has 1 rings (SSSR count). The van der Waals surface area contributed by atoms with Gasteiger partial charge in [-0.15, -0.1) is 0 Å². The molecule has 0 spiro atoms. The van der Waals surface area contributed by atoms with Gasteiger partial charge >= 0.3 is 12.1 Å². The Morgan fingerprint density at radius 3 is 2.25 bits per heavy atom. The van der Waals surface area contributed by atoms with E-state index in [4.69, 9.17) is 9.84 Å². The second kappa shape index (κ2) is 10.8. The third-order valence-corrected chi connectivity index (χ3v) is 2.35. The van der Waals surface area contributed by atoms with Gasteiger partial charge in [0.25, 0.3) is 0 Å². The number of rotatable bonds is 5. The Bertz CT molecular complexity index is 390. The van der Waals surface area contributed by atoms with Crippen LogP contribution in [0.1, 0.15) is 32.3 Å². The minimum absolute atomic E-state index is 0.303. The zero-order valence-corrected chi connectivity index (χ0v) is 12.3. The highest BCUT2D eigenvalue weighted by Gasteiger charge is 1.98. The third kappa shape index (κ3) is 11.1. The first kappa shape index (κ1) is 18.0. The first-order valence-corrected chi connectivity index (χ1v) is 6.56. The largest absolute Gasteiger partial charge is 0.481 e. The predicted octanol–water partition coefficient (Wildman–Crippen LogP) is 3.05. The van der Waals surface area contributed by atoms with Gasteiger partial charge in [0, 0.05) is 13.5 Å². The Kier molecular flexibility index (Phi) is 9.74. The number of carboxylic acid groups (broad SMARTS) is 1. The maximum absolute atomic E-state index is 10.7. The van der Waals surface area contributed by atoms with Crippen molar-refractivity contribution in [2.45, 2.75) is 33.3 Å². The molecule has 0 saturated heterocycles. The topological polar surface area (TPSA) is 75.6 Å².